The summed E-state index contributed by atoms with van der Waals surface area (Å²) in [6.07, 6.45) is 1.73. The van der Waals surface area contributed by atoms with Crippen molar-refractivity contribution >= 4 is 11.3 Å². The van der Waals surface area contributed by atoms with Crippen molar-refractivity contribution in [1.29, 1.82) is 0 Å². The van der Waals surface area contributed by atoms with Crippen molar-refractivity contribution in [3.8, 4) is 22.1 Å². The molecule has 2 heterocycles. The van der Waals surface area contributed by atoms with Crippen LogP contribution in [0.4, 0.5) is 0 Å². The second-order valence-corrected chi connectivity index (χ2v) is 5.34. The maximum Gasteiger partial charge on any atom is 0.166 e. The van der Waals surface area contributed by atoms with Gasteiger partial charge < -0.3 is 9.47 Å². The molecule has 0 amide bonds. The molecule has 0 N–H and O–H groups in total. The summed E-state index contributed by atoms with van der Waals surface area (Å²) in [5.74, 6) is 2.17. The van der Waals surface area contributed by atoms with Gasteiger partial charge in [-0.2, -0.15) is 0 Å². The number of methoxy groups -OCH3 is 1. The van der Waals surface area contributed by atoms with Crippen molar-refractivity contribution < 1.29 is 9.47 Å². The summed E-state index contributed by atoms with van der Waals surface area (Å²) in [4.78, 5) is 13.9. The fourth-order valence-electron chi connectivity index (χ4n) is 1.91. The minimum absolute atomic E-state index is 0.307. The Morgan fingerprint density at radius 2 is 1.91 bits per heavy atom. The van der Waals surface area contributed by atoms with Crippen molar-refractivity contribution in [2.75, 3.05) is 7.11 Å². The minimum Gasteiger partial charge on any atom is -0.497 e. The number of benzene rings is 1. The van der Waals surface area contributed by atoms with Gasteiger partial charge in [-0.15, -0.1) is 11.3 Å². The summed E-state index contributed by atoms with van der Waals surface area (Å²) < 4.78 is 10.8. The highest BCUT2D eigenvalue weighted by Gasteiger charge is 2.08. The van der Waals surface area contributed by atoms with E-state index in [4.69, 9.17) is 9.47 Å². The quantitative estimate of drug-likeness (QED) is 0.723. The molecule has 0 fully saturated rings. The van der Waals surface area contributed by atoms with Gasteiger partial charge in [-0.1, -0.05) is 0 Å². The zero-order chi connectivity index (χ0) is 15.4. The molecule has 0 aliphatic heterocycles. The summed E-state index contributed by atoms with van der Waals surface area (Å²) in [5, 5.41) is 0. The molecule has 22 heavy (non-hydrogen) atoms. The van der Waals surface area contributed by atoms with Crippen LogP contribution in [0.5, 0.6) is 11.5 Å². The number of nitrogens with zero attached hydrogens (tertiary/aromatic N) is 3. The summed E-state index contributed by atoms with van der Waals surface area (Å²) in [6, 6.07) is 9.27. The third kappa shape index (κ3) is 3.23. The fourth-order valence-corrected chi connectivity index (χ4v) is 2.60. The molecule has 1 radical (unpaired) electrons. The van der Waals surface area contributed by atoms with Crippen molar-refractivity contribution in [2.45, 2.75) is 13.5 Å². The Morgan fingerprint density at radius 3 is 2.59 bits per heavy atom. The predicted molar refractivity (Wildman–Crippen MR) is 84.0 cm³/mol. The van der Waals surface area contributed by atoms with E-state index in [9.17, 15) is 0 Å². The number of aryl methyl sites for hydroxylation is 1. The van der Waals surface area contributed by atoms with Crippen LogP contribution in [0.1, 0.15) is 11.5 Å². The first-order valence-electron chi connectivity index (χ1n) is 6.69. The molecule has 0 unspecified atom stereocenters. The van der Waals surface area contributed by atoms with Gasteiger partial charge in [0.1, 0.15) is 18.1 Å². The van der Waals surface area contributed by atoms with E-state index in [1.54, 1.807) is 13.3 Å². The predicted octanol–water partition coefficient (Wildman–Crippen LogP) is 3.30. The van der Waals surface area contributed by atoms with E-state index in [2.05, 4.69) is 20.5 Å². The molecule has 0 aliphatic rings. The van der Waals surface area contributed by atoms with E-state index >= 15 is 0 Å². The first-order chi connectivity index (χ1) is 10.8. The van der Waals surface area contributed by atoms with Crippen LogP contribution in [0, 0.1) is 12.4 Å². The Kier molecular flexibility index (Phi) is 4.29. The van der Waals surface area contributed by atoms with Gasteiger partial charge in [-0.05, 0) is 37.3 Å². The SMILES string of the molecule is COc1ccc(OCc2nccc(-c3s[c]nc3C)n2)cc1. The van der Waals surface area contributed by atoms with Crippen LogP contribution < -0.4 is 9.47 Å². The lowest BCUT2D eigenvalue weighted by Crippen LogP contribution is -2.02. The van der Waals surface area contributed by atoms with Crippen LogP contribution in [-0.4, -0.2) is 22.1 Å². The van der Waals surface area contributed by atoms with Gasteiger partial charge in [0, 0.05) is 6.20 Å². The Balaban J connectivity index is 1.71. The van der Waals surface area contributed by atoms with E-state index in [0.29, 0.717) is 12.4 Å². The summed E-state index contributed by atoms with van der Waals surface area (Å²) >= 11 is 1.45. The molecule has 3 aromatic rings. The smallest absolute Gasteiger partial charge is 0.166 e. The summed E-state index contributed by atoms with van der Waals surface area (Å²) in [6.45, 7) is 2.25. The number of thiazole rings is 1. The molecule has 6 heteroatoms. The first-order valence-corrected chi connectivity index (χ1v) is 7.50. The molecule has 0 aliphatic carbocycles. The highest BCUT2D eigenvalue weighted by atomic mass is 32.1. The van der Waals surface area contributed by atoms with Crippen molar-refractivity contribution in [3.05, 3.63) is 53.6 Å². The molecular formula is C16H14N3O2S. The van der Waals surface area contributed by atoms with E-state index < -0.39 is 0 Å². The number of hydrogen-bond acceptors (Lipinski definition) is 6. The zero-order valence-electron chi connectivity index (χ0n) is 12.2. The highest BCUT2D eigenvalue weighted by Crippen LogP contribution is 2.24. The fraction of sp³-hybridized carbons (Fsp3) is 0.188. The first kappa shape index (κ1) is 14.5. The van der Waals surface area contributed by atoms with Crippen LogP contribution in [-0.2, 0) is 6.61 Å². The Labute approximate surface area is 132 Å². The van der Waals surface area contributed by atoms with Crippen LogP contribution in [0.15, 0.2) is 36.5 Å². The summed E-state index contributed by atoms with van der Waals surface area (Å²) in [7, 11) is 1.63. The third-order valence-electron chi connectivity index (χ3n) is 3.06. The number of hydrogen-bond donors (Lipinski definition) is 0. The van der Waals surface area contributed by atoms with Crippen molar-refractivity contribution in [3.63, 3.8) is 0 Å². The Hall–Kier alpha value is -2.47. The molecule has 5 nitrogen and oxygen atoms in total. The van der Waals surface area contributed by atoms with E-state index in [1.807, 2.05) is 37.3 Å². The minimum atomic E-state index is 0.307. The molecule has 0 bridgehead atoms. The second-order valence-electron chi connectivity index (χ2n) is 4.54. The molecule has 2 aromatic heterocycles. The lowest BCUT2D eigenvalue weighted by Gasteiger charge is -2.07. The lowest BCUT2D eigenvalue weighted by atomic mass is 10.3. The van der Waals surface area contributed by atoms with Crippen molar-refractivity contribution in [1.82, 2.24) is 15.0 Å². The average molecular weight is 312 g/mol. The van der Waals surface area contributed by atoms with E-state index in [1.165, 1.54) is 11.3 Å². The van der Waals surface area contributed by atoms with Gasteiger partial charge in [0.2, 0.25) is 0 Å². The molecule has 0 spiro atoms. The molecule has 0 saturated carbocycles. The van der Waals surface area contributed by atoms with Gasteiger partial charge in [-0.3, -0.25) is 0 Å². The number of rotatable bonds is 5. The van der Waals surface area contributed by atoms with E-state index in [0.717, 1.165) is 27.8 Å². The van der Waals surface area contributed by atoms with E-state index in [-0.39, 0.29) is 0 Å². The van der Waals surface area contributed by atoms with Gasteiger partial charge in [0.15, 0.2) is 11.3 Å². The average Bonchev–Trinajstić information content (AvgIpc) is 3.00. The van der Waals surface area contributed by atoms with Gasteiger partial charge in [0.05, 0.1) is 23.4 Å². The maximum atomic E-state index is 5.69. The third-order valence-corrected chi connectivity index (χ3v) is 3.95. The van der Waals surface area contributed by atoms with Crippen LogP contribution in [0.2, 0.25) is 0 Å². The molecule has 1 aromatic carbocycles. The molecule has 0 saturated heterocycles. The lowest BCUT2D eigenvalue weighted by molar-refractivity contribution is 0.295. The Morgan fingerprint density at radius 1 is 1.14 bits per heavy atom. The van der Waals surface area contributed by atoms with Crippen LogP contribution in [0.25, 0.3) is 10.6 Å². The topological polar surface area (TPSA) is 57.1 Å². The largest absolute Gasteiger partial charge is 0.497 e. The zero-order valence-corrected chi connectivity index (χ0v) is 13.1. The molecule has 3 rings (SSSR count). The van der Waals surface area contributed by atoms with Gasteiger partial charge in [0.25, 0.3) is 0 Å². The van der Waals surface area contributed by atoms with Crippen LogP contribution in [0.3, 0.4) is 0 Å². The standard InChI is InChI=1S/C16H14N3O2S/c1-11-16(22-10-18-11)14-7-8-17-15(19-14)9-21-13-5-3-12(20-2)4-6-13/h3-8H,9H2,1-2H3. The Bertz CT molecular complexity index is 756. The summed E-state index contributed by atoms with van der Waals surface area (Å²) in [5.41, 5.74) is 4.64. The second kappa shape index (κ2) is 6.53. The monoisotopic (exact) mass is 312 g/mol. The van der Waals surface area contributed by atoms with Crippen molar-refractivity contribution in [2.24, 2.45) is 0 Å². The maximum absolute atomic E-state index is 5.69. The van der Waals surface area contributed by atoms with Gasteiger partial charge in [-0.25, -0.2) is 15.0 Å². The van der Waals surface area contributed by atoms with Gasteiger partial charge >= 0.3 is 0 Å². The normalized spacial score (nSPS) is 10.5. The number of aromatic nitrogens is 3. The molecule has 111 valence electrons. The number of ether oxygens (including phenoxy) is 2. The molecular weight excluding hydrogens is 298 g/mol. The van der Waals surface area contributed by atoms with Crippen LogP contribution >= 0.6 is 11.3 Å². The highest BCUT2D eigenvalue weighted by molar-refractivity contribution is 7.12. The molecule has 0 atom stereocenters.